The summed E-state index contributed by atoms with van der Waals surface area (Å²) in [6.07, 6.45) is -0.628. The Morgan fingerprint density at radius 1 is 1.59 bits per heavy atom. The summed E-state index contributed by atoms with van der Waals surface area (Å²) >= 11 is 3.24. The molecule has 2 atom stereocenters. The van der Waals surface area contributed by atoms with Crippen LogP contribution in [0.3, 0.4) is 0 Å². The van der Waals surface area contributed by atoms with Gasteiger partial charge in [0.15, 0.2) is 0 Å². The number of amides is 1. The van der Waals surface area contributed by atoms with E-state index in [-0.39, 0.29) is 19.1 Å². The minimum absolute atomic E-state index is 0.114. The minimum Gasteiger partial charge on any atom is -0.394 e. The largest absolute Gasteiger partial charge is 0.394 e. The summed E-state index contributed by atoms with van der Waals surface area (Å²) in [7, 11) is 0. The van der Waals surface area contributed by atoms with Crippen molar-refractivity contribution in [3.8, 4) is 0 Å². The van der Waals surface area contributed by atoms with Crippen LogP contribution >= 0.6 is 15.9 Å². The smallest absolute Gasteiger partial charge is 0.246 e. The molecule has 0 saturated carbocycles. The number of morpholine rings is 1. The lowest BCUT2D eigenvalue weighted by Crippen LogP contribution is -2.47. The van der Waals surface area contributed by atoms with Gasteiger partial charge in [0, 0.05) is 10.0 Å². The zero-order valence-corrected chi connectivity index (χ0v) is 10.4. The second-order valence-electron chi connectivity index (χ2n) is 3.74. The summed E-state index contributed by atoms with van der Waals surface area (Å²) in [4.78, 5) is 11.3. The number of aliphatic hydroxyl groups is 1. The van der Waals surface area contributed by atoms with Crippen molar-refractivity contribution >= 4 is 21.8 Å². The molecule has 0 aliphatic carbocycles. The van der Waals surface area contributed by atoms with Crippen LogP contribution in [0.5, 0.6) is 0 Å². The molecular weight excluding hydrogens is 293 g/mol. The van der Waals surface area contributed by atoms with Gasteiger partial charge < -0.3 is 15.2 Å². The number of hydrogen-bond donors (Lipinski definition) is 2. The molecule has 1 heterocycles. The van der Waals surface area contributed by atoms with Crippen LogP contribution in [0.1, 0.15) is 11.6 Å². The van der Waals surface area contributed by atoms with E-state index in [0.29, 0.717) is 10.0 Å². The monoisotopic (exact) mass is 303 g/mol. The lowest BCUT2D eigenvalue weighted by molar-refractivity contribution is -0.139. The van der Waals surface area contributed by atoms with Gasteiger partial charge in [0.25, 0.3) is 0 Å². The van der Waals surface area contributed by atoms with Crippen molar-refractivity contribution in [3.63, 3.8) is 0 Å². The van der Waals surface area contributed by atoms with Gasteiger partial charge >= 0.3 is 0 Å². The number of aliphatic hydroxyl groups excluding tert-OH is 1. The van der Waals surface area contributed by atoms with Crippen molar-refractivity contribution < 1.29 is 19.0 Å². The number of rotatable bonds is 2. The molecule has 2 unspecified atom stereocenters. The third kappa shape index (κ3) is 2.65. The highest BCUT2D eigenvalue weighted by Crippen LogP contribution is 2.27. The van der Waals surface area contributed by atoms with E-state index < -0.39 is 18.0 Å². The second kappa shape index (κ2) is 5.12. The van der Waals surface area contributed by atoms with E-state index in [1.165, 1.54) is 6.07 Å². The Bertz CT molecular complexity index is 441. The summed E-state index contributed by atoms with van der Waals surface area (Å²) in [6, 6.07) is 3.77. The maximum absolute atomic E-state index is 13.7. The fourth-order valence-electron chi connectivity index (χ4n) is 1.78. The van der Waals surface area contributed by atoms with Crippen LogP contribution in [0.15, 0.2) is 22.7 Å². The van der Waals surface area contributed by atoms with Gasteiger partial charge in [-0.25, -0.2) is 4.39 Å². The van der Waals surface area contributed by atoms with Gasteiger partial charge in [0.05, 0.1) is 12.6 Å². The maximum Gasteiger partial charge on any atom is 0.246 e. The molecule has 92 valence electrons. The van der Waals surface area contributed by atoms with Crippen molar-refractivity contribution in [2.45, 2.75) is 12.1 Å². The van der Waals surface area contributed by atoms with Crippen molar-refractivity contribution in [2.75, 3.05) is 13.2 Å². The standard InChI is InChI=1S/C11H11BrFNO3/c12-6-1-2-8(13)7(3-6)11-9(4-15)17-5-10(16)14-11/h1-3,9,11,15H,4-5H2,(H,14,16). The fourth-order valence-corrected chi connectivity index (χ4v) is 2.15. The Labute approximate surface area is 106 Å². The van der Waals surface area contributed by atoms with Crippen LogP contribution in [0.4, 0.5) is 4.39 Å². The van der Waals surface area contributed by atoms with Crippen molar-refractivity contribution in [1.29, 1.82) is 0 Å². The van der Waals surface area contributed by atoms with Crippen LogP contribution in [-0.4, -0.2) is 30.3 Å². The van der Waals surface area contributed by atoms with E-state index in [2.05, 4.69) is 21.2 Å². The fraction of sp³-hybridized carbons (Fsp3) is 0.364. The number of ether oxygens (including phenoxy) is 1. The highest BCUT2D eigenvalue weighted by atomic mass is 79.9. The minimum atomic E-state index is -0.668. The summed E-state index contributed by atoms with van der Waals surface area (Å²) in [5, 5.41) is 11.8. The van der Waals surface area contributed by atoms with Gasteiger partial charge in [-0.1, -0.05) is 15.9 Å². The van der Waals surface area contributed by atoms with Crippen molar-refractivity contribution in [2.24, 2.45) is 0 Å². The molecule has 1 aromatic rings. The second-order valence-corrected chi connectivity index (χ2v) is 4.66. The Kier molecular flexibility index (Phi) is 3.76. The maximum atomic E-state index is 13.7. The molecule has 1 aliphatic heterocycles. The molecule has 2 rings (SSSR count). The molecule has 4 nitrogen and oxygen atoms in total. The molecule has 1 aromatic carbocycles. The molecule has 1 fully saturated rings. The molecule has 1 saturated heterocycles. The zero-order valence-electron chi connectivity index (χ0n) is 8.82. The summed E-state index contributed by atoms with van der Waals surface area (Å²) < 4.78 is 19.5. The van der Waals surface area contributed by atoms with Crippen molar-refractivity contribution in [3.05, 3.63) is 34.1 Å². The molecule has 0 spiro atoms. The van der Waals surface area contributed by atoms with Crippen LogP contribution in [-0.2, 0) is 9.53 Å². The number of benzene rings is 1. The highest BCUT2D eigenvalue weighted by Gasteiger charge is 2.32. The molecule has 0 aromatic heterocycles. The number of nitrogens with one attached hydrogen (secondary N) is 1. The van der Waals surface area contributed by atoms with E-state index in [4.69, 9.17) is 9.84 Å². The predicted molar refractivity (Wildman–Crippen MR) is 61.8 cm³/mol. The molecule has 1 aliphatic rings. The Balaban J connectivity index is 2.34. The van der Waals surface area contributed by atoms with Gasteiger partial charge in [-0.05, 0) is 18.2 Å². The number of halogens is 2. The van der Waals surface area contributed by atoms with E-state index >= 15 is 0 Å². The molecule has 0 radical (unpaired) electrons. The Morgan fingerprint density at radius 3 is 3.06 bits per heavy atom. The van der Waals surface area contributed by atoms with E-state index in [0.717, 1.165) is 0 Å². The Morgan fingerprint density at radius 2 is 2.35 bits per heavy atom. The molecule has 0 bridgehead atoms. The first-order valence-electron chi connectivity index (χ1n) is 5.08. The average Bonchev–Trinajstić information content (AvgIpc) is 2.32. The number of carbonyl (C=O) groups is 1. The van der Waals surface area contributed by atoms with E-state index in [1.807, 2.05) is 0 Å². The quantitative estimate of drug-likeness (QED) is 0.861. The lowest BCUT2D eigenvalue weighted by Gasteiger charge is -2.31. The number of carbonyl (C=O) groups excluding carboxylic acids is 1. The molecular formula is C11H11BrFNO3. The molecule has 6 heteroatoms. The van der Waals surface area contributed by atoms with Crippen LogP contribution in [0.2, 0.25) is 0 Å². The van der Waals surface area contributed by atoms with Gasteiger partial charge in [-0.3, -0.25) is 4.79 Å². The predicted octanol–water partition coefficient (Wildman–Crippen LogP) is 1.14. The average molecular weight is 304 g/mol. The first-order chi connectivity index (χ1) is 8.11. The van der Waals surface area contributed by atoms with Gasteiger partial charge in [-0.15, -0.1) is 0 Å². The van der Waals surface area contributed by atoms with E-state index in [1.54, 1.807) is 12.1 Å². The zero-order chi connectivity index (χ0) is 12.4. The van der Waals surface area contributed by atoms with Crippen LogP contribution in [0.25, 0.3) is 0 Å². The van der Waals surface area contributed by atoms with Crippen molar-refractivity contribution in [1.82, 2.24) is 5.32 Å². The first kappa shape index (κ1) is 12.5. The first-order valence-corrected chi connectivity index (χ1v) is 5.88. The van der Waals surface area contributed by atoms with Crippen LogP contribution in [0, 0.1) is 5.82 Å². The van der Waals surface area contributed by atoms with Gasteiger partial charge in [-0.2, -0.15) is 0 Å². The molecule has 2 N–H and O–H groups in total. The van der Waals surface area contributed by atoms with Crippen LogP contribution < -0.4 is 5.32 Å². The van der Waals surface area contributed by atoms with Gasteiger partial charge in [0.1, 0.15) is 18.5 Å². The summed E-state index contributed by atoms with van der Waals surface area (Å²) in [6.45, 7) is -0.395. The molecule has 17 heavy (non-hydrogen) atoms. The third-order valence-corrected chi connectivity index (χ3v) is 3.08. The topological polar surface area (TPSA) is 58.6 Å². The lowest BCUT2D eigenvalue weighted by atomic mass is 10.00. The molecule has 1 amide bonds. The highest BCUT2D eigenvalue weighted by molar-refractivity contribution is 9.10. The Hall–Kier alpha value is -0.980. The summed E-state index contributed by atoms with van der Waals surface area (Å²) in [5.41, 5.74) is 0.298. The normalized spacial score (nSPS) is 24.5. The third-order valence-electron chi connectivity index (χ3n) is 2.59. The summed E-state index contributed by atoms with van der Waals surface area (Å²) in [5.74, 6) is -0.762. The van der Waals surface area contributed by atoms with E-state index in [9.17, 15) is 9.18 Å². The number of hydrogen-bond acceptors (Lipinski definition) is 3. The SMILES string of the molecule is O=C1COC(CO)C(c2cc(Br)ccc2F)N1. The van der Waals surface area contributed by atoms with Gasteiger partial charge in [0.2, 0.25) is 5.91 Å².